The number of carbonyl (C=O) groups is 3. The van der Waals surface area contributed by atoms with Gasteiger partial charge in [0, 0.05) is 6.04 Å². The van der Waals surface area contributed by atoms with E-state index in [4.69, 9.17) is 9.47 Å². The molecule has 0 aliphatic rings. The van der Waals surface area contributed by atoms with Crippen molar-refractivity contribution < 1.29 is 29.0 Å². The van der Waals surface area contributed by atoms with Crippen LogP contribution in [0.1, 0.15) is 53.0 Å². The minimum atomic E-state index is -1.20. The third-order valence-corrected chi connectivity index (χ3v) is 3.69. The van der Waals surface area contributed by atoms with E-state index in [0.29, 0.717) is 6.42 Å². The van der Waals surface area contributed by atoms with E-state index >= 15 is 0 Å². The number of nitrogens with one attached hydrogen (secondary N) is 1. The molecule has 1 aromatic rings. The Hall–Kier alpha value is -2.57. The molecule has 0 heterocycles. The van der Waals surface area contributed by atoms with Crippen molar-refractivity contribution in [3.8, 4) is 0 Å². The van der Waals surface area contributed by atoms with Crippen LogP contribution >= 0.6 is 0 Å². The topological polar surface area (TPSA) is 102 Å². The molecule has 1 amide bonds. The number of benzene rings is 1. The lowest BCUT2D eigenvalue weighted by molar-refractivity contribution is -0.165. The summed E-state index contributed by atoms with van der Waals surface area (Å²) in [4.78, 5) is 35.8. The van der Waals surface area contributed by atoms with Gasteiger partial charge in [0.1, 0.15) is 5.60 Å². The Bertz CT molecular complexity index is 651. The second kappa shape index (κ2) is 10.7. The fourth-order valence-corrected chi connectivity index (χ4v) is 2.58. The van der Waals surface area contributed by atoms with Crippen LogP contribution in [0.15, 0.2) is 30.3 Å². The van der Waals surface area contributed by atoms with Gasteiger partial charge in [-0.05, 0) is 45.1 Å². The van der Waals surface area contributed by atoms with Crippen molar-refractivity contribution in [1.29, 1.82) is 0 Å². The Kier molecular flexibility index (Phi) is 8.96. The smallest absolute Gasteiger partial charge is 0.407 e. The van der Waals surface area contributed by atoms with E-state index in [1.807, 2.05) is 44.2 Å². The quantitative estimate of drug-likeness (QED) is 0.622. The average molecular weight is 393 g/mol. The predicted molar refractivity (Wildman–Crippen MR) is 105 cm³/mol. The van der Waals surface area contributed by atoms with Crippen LogP contribution in [0.2, 0.25) is 0 Å². The van der Waals surface area contributed by atoms with Crippen LogP contribution in [-0.4, -0.2) is 40.9 Å². The highest BCUT2D eigenvalue weighted by atomic mass is 16.6. The molecule has 2 N–H and O–H groups in total. The molecule has 156 valence electrons. The first-order chi connectivity index (χ1) is 13.0. The molecule has 0 saturated carbocycles. The molecule has 2 atom stereocenters. The van der Waals surface area contributed by atoms with E-state index in [-0.39, 0.29) is 18.8 Å². The average Bonchev–Trinajstić information content (AvgIpc) is 2.52. The summed E-state index contributed by atoms with van der Waals surface area (Å²) in [6, 6.07) is 8.78. The van der Waals surface area contributed by atoms with Gasteiger partial charge in [0.25, 0.3) is 0 Å². The molecule has 0 bridgehead atoms. The van der Waals surface area contributed by atoms with Crippen LogP contribution in [0.5, 0.6) is 0 Å². The predicted octanol–water partition coefficient (Wildman–Crippen LogP) is 3.56. The number of carbonyl (C=O) groups excluding carboxylic acids is 2. The summed E-state index contributed by atoms with van der Waals surface area (Å²) in [5.41, 5.74) is 0.251. The van der Waals surface area contributed by atoms with Crippen LogP contribution < -0.4 is 5.32 Å². The minimum Gasteiger partial charge on any atom is -0.479 e. The van der Waals surface area contributed by atoms with E-state index < -0.39 is 35.8 Å². The van der Waals surface area contributed by atoms with Gasteiger partial charge in [-0.25, -0.2) is 9.59 Å². The zero-order valence-corrected chi connectivity index (χ0v) is 17.2. The van der Waals surface area contributed by atoms with E-state index in [9.17, 15) is 19.5 Å². The van der Waals surface area contributed by atoms with E-state index in [1.165, 1.54) is 0 Å². The molecular weight excluding hydrogens is 362 g/mol. The van der Waals surface area contributed by atoms with Crippen LogP contribution in [0.3, 0.4) is 0 Å². The van der Waals surface area contributed by atoms with Gasteiger partial charge >= 0.3 is 18.0 Å². The Morgan fingerprint density at radius 3 is 2.21 bits per heavy atom. The zero-order valence-electron chi connectivity index (χ0n) is 17.2. The van der Waals surface area contributed by atoms with Crippen molar-refractivity contribution in [2.75, 3.05) is 0 Å². The third-order valence-electron chi connectivity index (χ3n) is 3.69. The number of alkyl carbamates (subject to hydrolysis) is 1. The minimum absolute atomic E-state index is 0.0638. The summed E-state index contributed by atoms with van der Waals surface area (Å²) >= 11 is 0. The maximum Gasteiger partial charge on any atom is 0.407 e. The number of amides is 1. The SMILES string of the molecule is CC(C)CC(OC(=O)C[C@@H](Cc1ccccc1)NC(=O)OC(C)(C)C)C(=O)O. The van der Waals surface area contributed by atoms with Gasteiger partial charge in [-0.1, -0.05) is 44.2 Å². The van der Waals surface area contributed by atoms with E-state index in [2.05, 4.69) is 5.32 Å². The summed E-state index contributed by atoms with van der Waals surface area (Å²) < 4.78 is 10.4. The Labute approximate surface area is 166 Å². The van der Waals surface area contributed by atoms with Crippen molar-refractivity contribution in [3.63, 3.8) is 0 Å². The molecule has 7 heteroatoms. The highest BCUT2D eigenvalue weighted by molar-refractivity contribution is 5.78. The summed E-state index contributed by atoms with van der Waals surface area (Å²) in [5, 5.41) is 11.9. The third kappa shape index (κ3) is 9.94. The zero-order chi connectivity index (χ0) is 21.3. The summed E-state index contributed by atoms with van der Waals surface area (Å²) in [6.07, 6.45) is -1.39. The lowest BCUT2D eigenvalue weighted by atomic mass is 10.0. The van der Waals surface area contributed by atoms with Gasteiger partial charge in [-0.15, -0.1) is 0 Å². The van der Waals surface area contributed by atoms with Gasteiger partial charge in [0.15, 0.2) is 6.10 Å². The van der Waals surface area contributed by atoms with Crippen LogP contribution in [-0.2, 0) is 25.5 Å². The van der Waals surface area contributed by atoms with Crippen molar-refractivity contribution >= 4 is 18.0 Å². The lowest BCUT2D eigenvalue weighted by Gasteiger charge is -2.24. The summed E-state index contributed by atoms with van der Waals surface area (Å²) in [5.74, 6) is -1.79. The second-order valence-electron chi connectivity index (χ2n) is 8.18. The molecule has 0 aliphatic carbocycles. The second-order valence-corrected chi connectivity index (χ2v) is 8.18. The fourth-order valence-electron chi connectivity index (χ4n) is 2.58. The maximum atomic E-state index is 12.3. The summed E-state index contributed by atoms with van der Waals surface area (Å²) in [6.45, 7) is 8.95. The molecule has 1 rings (SSSR count). The van der Waals surface area contributed by atoms with Gasteiger partial charge in [-0.2, -0.15) is 0 Å². The maximum absolute atomic E-state index is 12.3. The van der Waals surface area contributed by atoms with Crippen molar-refractivity contribution in [3.05, 3.63) is 35.9 Å². The van der Waals surface area contributed by atoms with Gasteiger partial charge in [-0.3, -0.25) is 4.79 Å². The largest absolute Gasteiger partial charge is 0.479 e. The number of hydrogen-bond acceptors (Lipinski definition) is 5. The number of esters is 1. The first-order valence-electron chi connectivity index (χ1n) is 9.42. The highest BCUT2D eigenvalue weighted by Crippen LogP contribution is 2.13. The molecule has 28 heavy (non-hydrogen) atoms. The summed E-state index contributed by atoms with van der Waals surface area (Å²) in [7, 11) is 0. The molecule has 0 radical (unpaired) electrons. The van der Waals surface area contributed by atoms with Crippen molar-refractivity contribution in [2.45, 2.75) is 71.6 Å². The number of rotatable bonds is 9. The van der Waals surface area contributed by atoms with Gasteiger partial charge in [0.2, 0.25) is 0 Å². The van der Waals surface area contributed by atoms with E-state index in [0.717, 1.165) is 5.56 Å². The highest BCUT2D eigenvalue weighted by Gasteiger charge is 2.27. The van der Waals surface area contributed by atoms with Crippen molar-refractivity contribution in [1.82, 2.24) is 5.32 Å². The van der Waals surface area contributed by atoms with Crippen LogP contribution in [0.25, 0.3) is 0 Å². The Balaban J connectivity index is 2.81. The number of ether oxygens (including phenoxy) is 2. The molecule has 0 saturated heterocycles. The molecule has 0 aliphatic heterocycles. The van der Waals surface area contributed by atoms with Crippen molar-refractivity contribution in [2.24, 2.45) is 5.92 Å². The molecule has 7 nitrogen and oxygen atoms in total. The number of carboxylic acid groups (broad SMARTS) is 1. The van der Waals surface area contributed by atoms with Crippen LogP contribution in [0, 0.1) is 5.92 Å². The van der Waals surface area contributed by atoms with Gasteiger partial charge in [0.05, 0.1) is 6.42 Å². The molecule has 1 unspecified atom stereocenters. The Morgan fingerprint density at radius 1 is 1.11 bits per heavy atom. The normalized spacial score (nSPS) is 13.5. The molecular formula is C21H31NO6. The number of aliphatic carboxylic acids is 1. The van der Waals surface area contributed by atoms with E-state index in [1.54, 1.807) is 20.8 Å². The number of carboxylic acids is 1. The van der Waals surface area contributed by atoms with Crippen LogP contribution in [0.4, 0.5) is 4.79 Å². The first-order valence-corrected chi connectivity index (χ1v) is 9.42. The molecule has 0 aromatic heterocycles. The van der Waals surface area contributed by atoms with Gasteiger partial charge < -0.3 is 19.9 Å². The Morgan fingerprint density at radius 2 is 1.71 bits per heavy atom. The standard InChI is InChI=1S/C21H31NO6/c1-14(2)11-17(19(24)25)27-18(23)13-16(12-15-9-7-6-8-10-15)22-20(26)28-21(3,4)5/h6-10,14,16-17H,11-13H2,1-5H3,(H,22,26)(H,24,25)/t16-,17?/m1/s1. The molecule has 0 fully saturated rings. The monoisotopic (exact) mass is 393 g/mol. The molecule has 1 aromatic carbocycles. The lowest BCUT2D eigenvalue weighted by Crippen LogP contribution is -2.42. The fraction of sp³-hybridized carbons (Fsp3) is 0.571. The first kappa shape index (κ1) is 23.5. The molecule has 0 spiro atoms. The number of hydrogen-bond donors (Lipinski definition) is 2.